The Hall–Kier alpha value is -1.98. The van der Waals surface area contributed by atoms with Crippen molar-refractivity contribution in [3.8, 4) is 5.75 Å². The molecule has 0 radical (unpaired) electrons. The molecule has 6 heteroatoms. The van der Waals surface area contributed by atoms with Crippen LogP contribution in [0.25, 0.3) is 0 Å². The maximum atomic E-state index is 12.1. The largest absolute Gasteiger partial charge is 0.506 e. The van der Waals surface area contributed by atoms with Crippen LogP contribution in [0.15, 0.2) is 42.2 Å². The standard InChI is InChI=1S/C18H21ClN2O3/c19-14-5-4-12(10-17(14)23)11-18(24)20-13-6-8-21(9-7-13)15-2-1-3-16(15)22/h4-8,10,15-16,22-23H,1-3,9,11H2,(H,20,24)/t15-,16-/m0/s1. The predicted molar refractivity (Wildman–Crippen MR) is 92.5 cm³/mol. The summed E-state index contributed by atoms with van der Waals surface area (Å²) in [5.41, 5.74) is 1.45. The van der Waals surface area contributed by atoms with Crippen LogP contribution in [0.2, 0.25) is 5.02 Å². The number of nitrogens with one attached hydrogen (secondary N) is 1. The molecule has 2 aliphatic rings. The Morgan fingerprint density at radius 3 is 2.83 bits per heavy atom. The summed E-state index contributed by atoms with van der Waals surface area (Å²) in [6.07, 6.45) is 8.55. The zero-order valence-electron chi connectivity index (χ0n) is 13.3. The molecule has 1 heterocycles. The van der Waals surface area contributed by atoms with Crippen LogP contribution in [0.5, 0.6) is 5.75 Å². The summed E-state index contributed by atoms with van der Waals surface area (Å²) in [7, 11) is 0. The van der Waals surface area contributed by atoms with Crippen molar-refractivity contribution in [1.82, 2.24) is 10.2 Å². The number of carbonyl (C=O) groups excluding carboxylic acids is 1. The van der Waals surface area contributed by atoms with Gasteiger partial charge >= 0.3 is 0 Å². The third-order valence-electron chi connectivity index (χ3n) is 4.50. The van der Waals surface area contributed by atoms with Crippen LogP contribution < -0.4 is 5.32 Å². The molecule has 128 valence electrons. The van der Waals surface area contributed by atoms with Gasteiger partial charge in [0.15, 0.2) is 0 Å². The maximum Gasteiger partial charge on any atom is 0.228 e. The minimum absolute atomic E-state index is 0.0236. The van der Waals surface area contributed by atoms with Gasteiger partial charge in [0, 0.05) is 18.4 Å². The minimum atomic E-state index is -0.267. The number of benzene rings is 1. The molecule has 1 saturated carbocycles. The monoisotopic (exact) mass is 348 g/mol. The van der Waals surface area contributed by atoms with Crippen molar-refractivity contribution in [3.63, 3.8) is 0 Å². The second-order valence-electron chi connectivity index (χ2n) is 6.25. The molecule has 0 unspecified atom stereocenters. The van der Waals surface area contributed by atoms with E-state index in [9.17, 15) is 15.0 Å². The normalized spacial score (nSPS) is 23.2. The average molecular weight is 349 g/mol. The highest BCUT2D eigenvalue weighted by atomic mass is 35.5. The van der Waals surface area contributed by atoms with Crippen LogP contribution in [0, 0.1) is 0 Å². The summed E-state index contributed by atoms with van der Waals surface area (Å²) < 4.78 is 0. The van der Waals surface area contributed by atoms with Gasteiger partial charge in [-0.15, -0.1) is 0 Å². The lowest BCUT2D eigenvalue weighted by Crippen LogP contribution is -2.38. The van der Waals surface area contributed by atoms with Gasteiger partial charge in [-0.25, -0.2) is 0 Å². The quantitative estimate of drug-likeness (QED) is 0.781. The first-order chi connectivity index (χ1) is 11.5. The van der Waals surface area contributed by atoms with Crippen molar-refractivity contribution >= 4 is 17.5 Å². The first-order valence-electron chi connectivity index (χ1n) is 8.12. The van der Waals surface area contributed by atoms with E-state index >= 15 is 0 Å². The molecule has 1 aromatic carbocycles. The molecule has 1 amide bonds. The van der Waals surface area contributed by atoms with E-state index in [1.54, 1.807) is 12.1 Å². The first kappa shape index (κ1) is 16.9. The third-order valence-corrected chi connectivity index (χ3v) is 4.82. The number of hydrogen-bond acceptors (Lipinski definition) is 4. The predicted octanol–water partition coefficient (Wildman–Crippen LogP) is 2.33. The van der Waals surface area contributed by atoms with Gasteiger partial charge in [-0.2, -0.15) is 0 Å². The van der Waals surface area contributed by atoms with E-state index in [-0.39, 0.29) is 35.2 Å². The Bertz CT molecular complexity index is 687. The summed E-state index contributed by atoms with van der Waals surface area (Å²) in [6.45, 7) is 0.676. The Kier molecular flexibility index (Phi) is 5.11. The van der Waals surface area contributed by atoms with Gasteiger partial charge in [0.05, 0.1) is 23.6 Å². The van der Waals surface area contributed by atoms with Gasteiger partial charge in [0.25, 0.3) is 0 Å². The fraction of sp³-hybridized carbons (Fsp3) is 0.389. The van der Waals surface area contributed by atoms with Crippen molar-refractivity contribution in [2.45, 2.75) is 37.8 Å². The topological polar surface area (TPSA) is 72.8 Å². The van der Waals surface area contributed by atoms with Crippen molar-refractivity contribution in [1.29, 1.82) is 0 Å². The first-order valence-corrected chi connectivity index (χ1v) is 8.50. The Morgan fingerprint density at radius 1 is 1.38 bits per heavy atom. The molecule has 0 bridgehead atoms. The lowest BCUT2D eigenvalue weighted by molar-refractivity contribution is -0.119. The van der Waals surface area contributed by atoms with Crippen molar-refractivity contribution in [3.05, 3.63) is 52.8 Å². The fourth-order valence-corrected chi connectivity index (χ4v) is 3.33. The molecule has 5 nitrogen and oxygen atoms in total. The van der Waals surface area contributed by atoms with Crippen LogP contribution in [-0.4, -0.2) is 39.7 Å². The molecule has 3 rings (SSSR count). The minimum Gasteiger partial charge on any atom is -0.506 e. The summed E-state index contributed by atoms with van der Waals surface area (Å²) in [4.78, 5) is 14.2. The van der Waals surface area contributed by atoms with Gasteiger partial charge in [0.1, 0.15) is 5.75 Å². The molecule has 24 heavy (non-hydrogen) atoms. The number of allylic oxidation sites excluding steroid dienone is 1. The Morgan fingerprint density at radius 2 is 2.21 bits per heavy atom. The highest BCUT2D eigenvalue weighted by Crippen LogP contribution is 2.26. The number of rotatable bonds is 4. The summed E-state index contributed by atoms with van der Waals surface area (Å²) in [5, 5.41) is 22.7. The van der Waals surface area contributed by atoms with Crippen LogP contribution in [0.1, 0.15) is 24.8 Å². The van der Waals surface area contributed by atoms with E-state index in [0.717, 1.165) is 25.0 Å². The molecule has 3 N–H and O–H groups in total. The molecular formula is C18H21ClN2O3. The molecule has 1 aliphatic carbocycles. The van der Waals surface area contributed by atoms with Crippen LogP contribution in [0.3, 0.4) is 0 Å². The Labute approximate surface area is 146 Å². The molecule has 0 saturated heterocycles. The summed E-state index contributed by atoms with van der Waals surface area (Å²) in [6, 6.07) is 4.96. The SMILES string of the molecule is O=C(Cc1ccc(Cl)c(O)c1)NC1=CCN([C@H]2CCC[C@@H]2O)C=C1. The molecule has 0 aromatic heterocycles. The number of aliphatic hydroxyl groups excluding tert-OH is 1. The molecule has 0 spiro atoms. The number of phenolic OH excluding ortho intramolecular Hbond substituents is 1. The Balaban J connectivity index is 1.53. The van der Waals surface area contributed by atoms with E-state index in [0.29, 0.717) is 12.1 Å². The number of aliphatic hydroxyl groups is 1. The number of phenols is 1. The fourth-order valence-electron chi connectivity index (χ4n) is 3.21. The highest BCUT2D eigenvalue weighted by molar-refractivity contribution is 6.32. The second kappa shape index (κ2) is 7.28. The van der Waals surface area contributed by atoms with Crippen LogP contribution in [-0.2, 0) is 11.2 Å². The number of amides is 1. The smallest absolute Gasteiger partial charge is 0.228 e. The van der Waals surface area contributed by atoms with Crippen LogP contribution >= 0.6 is 11.6 Å². The zero-order chi connectivity index (χ0) is 17.1. The van der Waals surface area contributed by atoms with Crippen molar-refractivity contribution < 1.29 is 15.0 Å². The number of halogens is 1. The number of hydrogen-bond donors (Lipinski definition) is 3. The molecule has 1 fully saturated rings. The van der Waals surface area contributed by atoms with E-state index in [1.807, 2.05) is 18.4 Å². The van der Waals surface area contributed by atoms with Gasteiger partial charge in [-0.05, 0) is 49.1 Å². The highest BCUT2D eigenvalue weighted by Gasteiger charge is 2.29. The lowest BCUT2D eigenvalue weighted by Gasteiger charge is -2.31. The van der Waals surface area contributed by atoms with E-state index in [4.69, 9.17) is 11.6 Å². The summed E-state index contributed by atoms with van der Waals surface area (Å²) >= 11 is 5.76. The number of aromatic hydroxyl groups is 1. The van der Waals surface area contributed by atoms with Crippen LogP contribution in [0.4, 0.5) is 0 Å². The van der Waals surface area contributed by atoms with Gasteiger partial charge in [0.2, 0.25) is 5.91 Å². The van der Waals surface area contributed by atoms with E-state index in [2.05, 4.69) is 10.2 Å². The molecule has 2 atom stereocenters. The third kappa shape index (κ3) is 3.91. The zero-order valence-corrected chi connectivity index (χ0v) is 14.0. The number of nitrogens with zero attached hydrogens (tertiary/aromatic N) is 1. The van der Waals surface area contributed by atoms with Crippen molar-refractivity contribution in [2.24, 2.45) is 0 Å². The lowest BCUT2D eigenvalue weighted by atomic mass is 10.1. The van der Waals surface area contributed by atoms with E-state index in [1.165, 1.54) is 6.07 Å². The molecule has 1 aromatic rings. The second-order valence-corrected chi connectivity index (χ2v) is 6.66. The maximum absolute atomic E-state index is 12.1. The summed E-state index contributed by atoms with van der Waals surface area (Å²) in [5.74, 6) is -0.175. The number of carbonyl (C=O) groups is 1. The van der Waals surface area contributed by atoms with Crippen molar-refractivity contribution in [2.75, 3.05) is 6.54 Å². The molecular weight excluding hydrogens is 328 g/mol. The van der Waals surface area contributed by atoms with E-state index < -0.39 is 0 Å². The average Bonchev–Trinajstić information content (AvgIpc) is 2.98. The van der Waals surface area contributed by atoms with Gasteiger partial charge < -0.3 is 20.4 Å². The van der Waals surface area contributed by atoms with Gasteiger partial charge in [-0.1, -0.05) is 17.7 Å². The molecule has 1 aliphatic heterocycles. The van der Waals surface area contributed by atoms with Gasteiger partial charge in [-0.3, -0.25) is 4.79 Å².